The maximum absolute atomic E-state index is 5.19. The minimum absolute atomic E-state index is 0.683. The molecule has 2 aromatic heterocycles. The molecule has 2 heterocycles. The summed E-state index contributed by atoms with van der Waals surface area (Å²) >= 11 is 0. The van der Waals surface area contributed by atoms with Gasteiger partial charge in [-0.15, -0.1) is 0 Å². The normalized spacial score (nSPS) is 11.2. The molecule has 0 aliphatic carbocycles. The average molecular weight is 638 g/mol. The number of aromatic nitrogens is 3. The van der Waals surface area contributed by atoms with Crippen molar-refractivity contribution < 1.29 is 0 Å². The summed E-state index contributed by atoms with van der Waals surface area (Å²) < 4.78 is 0. The van der Waals surface area contributed by atoms with Crippen LogP contribution in [0.1, 0.15) is 0 Å². The first kappa shape index (κ1) is 29.4. The summed E-state index contributed by atoms with van der Waals surface area (Å²) in [4.78, 5) is 15.0. The maximum atomic E-state index is 5.19. The van der Waals surface area contributed by atoms with Crippen molar-refractivity contribution in [2.45, 2.75) is 0 Å². The number of hydrogen-bond donors (Lipinski definition) is 0. The molecule has 9 aromatic rings. The van der Waals surface area contributed by atoms with E-state index >= 15 is 0 Å². The molecule has 234 valence electrons. The zero-order valence-corrected chi connectivity index (χ0v) is 27.2. The van der Waals surface area contributed by atoms with E-state index in [9.17, 15) is 0 Å². The number of benzene rings is 7. The molecule has 0 saturated carbocycles. The fourth-order valence-electron chi connectivity index (χ4n) is 7.09. The quantitative estimate of drug-likeness (QED) is 0.170. The van der Waals surface area contributed by atoms with Crippen LogP contribution in [0, 0.1) is 0 Å². The number of nitrogens with zero attached hydrogens (tertiary/aromatic N) is 3. The van der Waals surface area contributed by atoms with Gasteiger partial charge in [-0.25, -0.2) is 9.97 Å². The van der Waals surface area contributed by atoms with Crippen LogP contribution in [-0.4, -0.2) is 15.0 Å². The summed E-state index contributed by atoms with van der Waals surface area (Å²) in [5, 5.41) is 4.92. The highest BCUT2D eigenvalue weighted by atomic mass is 14.9. The van der Waals surface area contributed by atoms with Crippen LogP contribution in [0.5, 0.6) is 0 Å². The Balaban J connectivity index is 1.26. The lowest BCUT2D eigenvalue weighted by Crippen LogP contribution is -1.97. The maximum Gasteiger partial charge on any atom is 0.160 e. The summed E-state index contributed by atoms with van der Waals surface area (Å²) in [5.74, 6) is 0.683. The van der Waals surface area contributed by atoms with Crippen molar-refractivity contribution in [3.8, 4) is 67.4 Å². The van der Waals surface area contributed by atoms with Crippen LogP contribution < -0.4 is 0 Å². The van der Waals surface area contributed by atoms with Gasteiger partial charge in [0.05, 0.1) is 17.1 Å². The van der Waals surface area contributed by atoms with Gasteiger partial charge < -0.3 is 0 Å². The second kappa shape index (κ2) is 12.7. The lowest BCUT2D eigenvalue weighted by Gasteiger charge is -2.18. The molecular weight excluding hydrogens is 607 g/mol. The van der Waals surface area contributed by atoms with Crippen LogP contribution >= 0.6 is 0 Å². The van der Waals surface area contributed by atoms with E-state index < -0.39 is 0 Å². The smallest absolute Gasteiger partial charge is 0.160 e. The van der Waals surface area contributed by atoms with E-state index in [-0.39, 0.29) is 0 Å². The molecule has 0 saturated heterocycles. The minimum atomic E-state index is 0.683. The molecule has 50 heavy (non-hydrogen) atoms. The average Bonchev–Trinajstić information content (AvgIpc) is 3.20. The number of fused-ring (bicyclic) bond motifs is 2. The summed E-state index contributed by atoms with van der Waals surface area (Å²) in [6.07, 6.45) is 1.83. The van der Waals surface area contributed by atoms with Gasteiger partial charge in [-0.3, -0.25) is 4.98 Å². The molecule has 0 aliphatic heterocycles. The van der Waals surface area contributed by atoms with E-state index in [1.165, 1.54) is 38.2 Å². The zero-order chi connectivity index (χ0) is 33.3. The van der Waals surface area contributed by atoms with Crippen molar-refractivity contribution in [3.63, 3.8) is 0 Å². The van der Waals surface area contributed by atoms with Crippen LogP contribution in [0.3, 0.4) is 0 Å². The number of hydrogen-bond acceptors (Lipinski definition) is 3. The second-order valence-corrected chi connectivity index (χ2v) is 12.4. The highest BCUT2D eigenvalue weighted by molar-refractivity contribution is 6.21. The van der Waals surface area contributed by atoms with Crippen LogP contribution in [-0.2, 0) is 0 Å². The molecular formula is C47H31N3. The van der Waals surface area contributed by atoms with E-state index in [1.54, 1.807) is 0 Å². The second-order valence-electron chi connectivity index (χ2n) is 12.4. The molecule has 0 fully saturated rings. The Morgan fingerprint density at radius 3 is 1.40 bits per heavy atom. The van der Waals surface area contributed by atoms with Crippen LogP contribution in [0.15, 0.2) is 188 Å². The van der Waals surface area contributed by atoms with Gasteiger partial charge in [-0.05, 0) is 68.1 Å². The SMILES string of the molecule is c1ccc(-c2nc(-c3cccc(-c4c5ccccc5c(-c5ccccc5)c5ccccc45)c3)cc(-c3ccccc3-c3ccccn3)n2)cc1. The van der Waals surface area contributed by atoms with E-state index in [4.69, 9.17) is 9.97 Å². The van der Waals surface area contributed by atoms with Crippen LogP contribution in [0.25, 0.3) is 89.0 Å². The van der Waals surface area contributed by atoms with Gasteiger partial charge in [-0.1, -0.05) is 158 Å². The molecule has 9 rings (SSSR count). The minimum Gasteiger partial charge on any atom is -0.256 e. The first-order chi connectivity index (χ1) is 24.8. The highest BCUT2D eigenvalue weighted by Gasteiger charge is 2.18. The third kappa shape index (κ3) is 5.32. The van der Waals surface area contributed by atoms with E-state index in [0.717, 1.165) is 44.9 Å². The Morgan fingerprint density at radius 2 is 0.780 bits per heavy atom. The summed E-state index contributed by atoms with van der Waals surface area (Å²) in [6.45, 7) is 0. The molecule has 3 heteroatoms. The molecule has 0 N–H and O–H groups in total. The van der Waals surface area contributed by atoms with Crippen molar-refractivity contribution >= 4 is 21.5 Å². The molecule has 0 atom stereocenters. The van der Waals surface area contributed by atoms with Gasteiger partial charge in [0, 0.05) is 28.5 Å². The molecule has 0 spiro atoms. The zero-order valence-electron chi connectivity index (χ0n) is 27.2. The number of rotatable bonds is 6. The standard InChI is InChI=1S/C47H31N3/c1-3-16-32(17-4-1)45-38-24-9-11-26-40(38)46(41-27-12-10-25-39(41)45)35-21-15-20-34(30-35)43-31-44(50-47(49-43)33-18-5-2-6-19-33)37-23-8-7-22-36(37)42-28-13-14-29-48-42/h1-31H. The molecule has 7 aromatic carbocycles. The lowest BCUT2D eigenvalue weighted by atomic mass is 9.85. The molecule has 0 unspecified atom stereocenters. The summed E-state index contributed by atoms with van der Waals surface area (Å²) in [6, 6.07) is 63.7. The largest absolute Gasteiger partial charge is 0.256 e. The molecule has 0 radical (unpaired) electrons. The first-order valence-corrected chi connectivity index (χ1v) is 16.9. The third-order valence-electron chi connectivity index (χ3n) is 9.34. The first-order valence-electron chi connectivity index (χ1n) is 16.9. The van der Waals surface area contributed by atoms with Crippen molar-refractivity contribution in [2.24, 2.45) is 0 Å². The monoisotopic (exact) mass is 637 g/mol. The molecule has 3 nitrogen and oxygen atoms in total. The Bertz CT molecular complexity index is 2580. The predicted molar refractivity (Wildman–Crippen MR) is 207 cm³/mol. The third-order valence-corrected chi connectivity index (χ3v) is 9.34. The molecule has 0 aliphatic rings. The van der Waals surface area contributed by atoms with Crippen molar-refractivity contribution in [1.29, 1.82) is 0 Å². The Kier molecular flexibility index (Phi) is 7.49. The van der Waals surface area contributed by atoms with E-state index in [2.05, 4.69) is 151 Å². The van der Waals surface area contributed by atoms with E-state index in [1.807, 2.05) is 42.6 Å². The molecule has 0 bridgehead atoms. The fourth-order valence-corrected chi connectivity index (χ4v) is 7.09. The summed E-state index contributed by atoms with van der Waals surface area (Å²) in [7, 11) is 0. The lowest BCUT2D eigenvalue weighted by molar-refractivity contribution is 1.18. The van der Waals surface area contributed by atoms with Crippen molar-refractivity contribution in [2.75, 3.05) is 0 Å². The van der Waals surface area contributed by atoms with Gasteiger partial charge >= 0.3 is 0 Å². The van der Waals surface area contributed by atoms with Crippen LogP contribution in [0.2, 0.25) is 0 Å². The van der Waals surface area contributed by atoms with Crippen LogP contribution in [0.4, 0.5) is 0 Å². The van der Waals surface area contributed by atoms with Crippen molar-refractivity contribution in [1.82, 2.24) is 15.0 Å². The summed E-state index contributed by atoms with van der Waals surface area (Å²) in [5.41, 5.74) is 11.5. The van der Waals surface area contributed by atoms with Gasteiger partial charge in [0.15, 0.2) is 5.82 Å². The van der Waals surface area contributed by atoms with Gasteiger partial charge in [0.1, 0.15) is 0 Å². The van der Waals surface area contributed by atoms with Gasteiger partial charge in [0.25, 0.3) is 0 Å². The Hall–Kier alpha value is -6.71. The Morgan fingerprint density at radius 1 is 0.300 bits per heavy atom. The topological polar surface area (TPSA) is 38.7 Å². The van der Waals surface area contributed by atoms with Gasteiger partial charge in [-0.2, -0.15) is 0 Å². The van der Waals surface area contributed by atoms with E-state index in [0.29, 0.717) is 5.82 Å². The Labute approximate surface area is 291 Å². The van der Waals surface area contributed by atoms with Gasteiger partial charge in [0.2, 0.25) is 0 Å². The number of pyridine rings is 1. The van der Waals surface area contributed by atoms with Crippen molar-refractivity contribution in [3.05, 3.63) is 188 Å². The molecule has 0 amide bonds. The predicted octanol–water partition coefficient (Wildman–Crippen LogP) is 12.2. The highest BCUT2D eigenvalue weighted by Crippen LogP contribution is 2.44. The fraction of sp³-hybridized carbons (Fsp3) is 0.